The third kappa shape index (κ3) is 6.45. The van der Waals surface area contributed by atoms with Crippen molar-refractivity contribution in [3.63, 3.8) is 0 Å². The van der Waals surface area contributed by atoms with Crippen molar-refractivity contribution < 1.29 is 22.9 Å². The molecule has 0 atom stereocenters. The molecule has 0 saturated heterocycles. The Morgan fingerprint density at radius 2 is 1.64 bits per heavy atom. The van der Waals surface area contributed by atoms with E-state index in [1.165, 1.54) is 36.4 Å². The number of non-ortho nitro benzene ring substituents is 1. The van der Waals surface area contributed by atoms with Crippen molar-refractivity contribution in [1.29, 1.82) is 0 Å². The summed E-state index contributed by atoms with van der Waals surface area (Å²) in [6.45, 7) is 5.25. The van der Waals surface area contributed by atoms with Gasteiger partial charge in [-0.05, 0) is 74.9 Å². The first kappa shape index (κ1) is 26.4. The molecule has 0 heterocycles. The number of ether oxygens (including phenoxy) is 1. The second-order valence-corrected chi connectivity index (χ2v) is 9.65. The van der Waals surface area contributed by atoms with Gasteiger partial charge in [-0.15, -0.1) is 0 Å². The van der Waals surface area contributed by atoms with E-state index in [1.54, 1.807) is 43.3 Å². The van der Waals surface area contributed by atoms with Crippen molar-refractivity contribution in [3.8, 4) is 5.75 Å². The molecule has 0 fully saturated rings. The van der Waals surface area contributed by atoms with Gasteiger partial charge >= 0.3 is 0 Å². The number of hydrazone groups is 1. The van der Waals surface area contributed by atoms with Crippen molar-refractivity contribution in [1.82, 2.24) is 5.43 Å². The molecule has 11 heteroatoms. The molecule has 0 aromatic heterocycles. The number of nitrogens with one attached hydrogen (secondary N) is 1. The number of amides is 1. The molecule has 3 aromatic rings. The predicted molar refractivity (Wildman–Crippen MR) is 137 cm³/mol. The van der Waals surface area contributed by atoms with Crippen LogP contribution in [0.25, 0.3) is 0 Å². The number of rotatable bonds is 10. The smallest absolute Gasteiger partial charge is 0.269 e. The lowest BCUT2D eigenvalue weighted by atomic mass is 10.1. The van der Waals surface area contributed by atoms with Crippen molar-refractivity contribution in [2.75, 3.05) is 17.5 Å². The van der Waals surface area contributed by atoms with E-state index < -0.39 is 27.4 Å². The number of nitro groups is 1. The molecular weight excluding hydrogens is 484 g/mol. The van der Waals surface area contributed by atoms with E-state index >= 15 is 0 Å². The van der Waals surface area contributed by atoms with Gasteiger partial charge < -0.3 is 4.74 Å². The fourth-order valence-corrected chi connectivity index (χ4v) is 4.65. The van der Waals surface area contributed by atoms with Gasteiger partial charge in [0.1, 0.15) is 12.3 Å². The van der Waals surface area contributed by atoms with Gasteiger partial charge in [0.15, 0.2) is 0 Å². The molecule has 0 aliphatic rings. The van der Waals surface area contributed by atoms with Gasteiger partial charge in [0.25, 0.3) is 21.6 Å². The van der Waals surface area contributed by atoms with Gasteiger partial charge in [-0.3, -0.25) is 19.2 Å². The van der Waals surface area contributed by atoms with Crippen molar-refractivity contribution >= 4 is 33.0 Å². The Kier molecular flexibility index (Phi) is 8.38. The minimum atomic E-state index is -4.09. The highest BCUT2D eigenvalue weighted by molar-refractivity contribution is 7.92. The standard InChI is InChI=1S/C25H26N4O6S/c1-4-35-23-13-15-24(16-14-23)36(33,34)28(21-9-5-18(2)6-10-21)17-25(30)27-26-19(3)20-7-11-22(12-8-20)29(31)32/h5-16H,4,17H2,1-3H3,(H,27,30)/b26-19+. The summed E-state index contributed by atoms with van der Waals surface area (Å²) in [5.74, 6) is -0.126. The van der Waals surface area contributed by atoms with Gasteiger partial charge in [-0.25, -0.2) is 13.8 Å². The van der Waals surface area contributed by atoms with Crippen LogP contribution in [-0.2, 0) is 14.8 Å². The Hall–Kier alpha value is -4.25. The average molecular weight is 511 g/mol. The van der Waals surface area contributed by atoms with Crippen molar-refractivity contribution in [2.45, 2.75) is 25.7 Å². The number of carbonyl (C=O) groups is 1. The van der Waals surface area contributed by atoms with Gasteiger partial charge in [0.2, 0.25) is 0 Å². The number of aryl methyl sites for hydroxylation is 1. The molecule has 0 unspecified atom stereocenters. The number of sulfonamides is 1. The Morgan fingerprint density at radius 3 is 2.19 bits per heavy atom. The van der Waals surface area contributed by atoms with Gasteiger partial charge in [0, 0.05) is 12.1 Å². The molecule has 0 saturated carbocycles. The number of hydrogen-bond acceptors (Lipinski definition) is 7. The first-order valence-electron chi connectivity index (χ1n) is 11.0. The van der Waals surface area contributed by atoms with Crippen LogP contribution in [0.15, 0.2) is 82.8 Å². The van der Waals surface area contributed by atoms with E-state index in [-0.39, 0.29) is 10.6 Å². The van der Waals surface area contributed by atoms with Gasteiger partial charge in [-0.2, -0.15) is 5.10 Å². The topological polar surface area (TPSA) is 131 Å². The third-order valence-electron chi connectivity index (χ3n) is 5.18. The predicted octanol–water partition coefficient (Wildman–Crippen LogP) is 4.04. The maximum absolute atomic E-state index is 13.5. The maximum Gasteiger partial charge on any atom is 0.269 e. The van der Waals surface area contributed by atoms with E-state index in [1.807, 2.05) is 13.8 Å². The molecule has 10 nitrogen and oxygen atoms in total. The maximum atomic E-state index is 13.5. The summed E-state index contributed by atoms with van der Waals surface area (Å²) < 4.78 is 33.4. The van der Waals surface area contributed by atoms with Crippen molar-refractivity contribution in [3.05, 3.63) is 94.0 Å². The number of anilines is 1. The number of benzene rings is 3. The molecule has 1 amide bonds. The normalized spacial score (nSPS) is 11.6. The molecule has 0 aliphatic heterocycles. The van der Waals surface area contributed by atoms with Crippen LogP contribution >= 0.6 is 0 Å². The summed E-state index contributed by atoms with van der Waals surface area (Å²) in [7, 11) is -4.09. The van der Waals surface area contributed by atoms with Gasteiger partial charge in [-0.1, -0.05) is 17.7 Å². The minimum absolute atomic E-state index is 0.00453. The van der Waals surface area contributed by atoms with E-state index in [0.717, 1.165) is 9.87 Å². The minimum Gasteiger partial charge on any atom is -0.494 e. The van der Waals surface area contributed by atoms with Crippen LogP contribution in [-0.4, -0.2) is 38.1 Å². The van der Waals surface area contributed by atoms with Crippen LogP contribution in [0.1, 0.15) is 25.0 Å². The third-order valence-corrected chi connectivity index (χ3v) is 6.96. The van der Waals surface area contributed by atoms with E-state index in [2.05, 4.69) is 10.5 Å². The Morgan fingerprint density at radius 1 is 1.03 bits per heavy atom. The number of carbonyl (C=O) groups excluding carboxylic acids is 1. The van der Waals surface area contributed by atoms with E-state index in [4.69, 9.17) is 4.74 Å². The second-order valence-electron chi connectivity index (χ2n) is 7.79. The molecular formula is C25H26N4O6S. The molecule has 36 heavy (non-hydrogen) atoms. The molecule has 0 spiro atoms. The van der Waals surface area contributed by atoms with Crippen LogP contribution < -0.4 is 14.5 Å². The van der Waals surface area contributed by atoms with Crippen LogP contribution in [0.2, 0.25) is 0 Å². The summed E-state index contributed by atoms with van der Waals surface area (Å²) in [6.07, 6.45) is 0. The van der Waals surface area contributed by atoms with Crippen molar-refractivity contribution in [2.24, 2.45) is 5.10 Å². The van der Waals surface area contributed by atoms with Crippen LogP contribution in [0.3, 0.4) is 0 Å². The summed E-state index contributed by atoms with van der Waals surface area (Å²) in [4.78, 5) is 23.1. The molecule has 1 N–H and O–H groups in total. The highest BCUT2D eigenvalue weighted by Crippen LogP contribution is 2.25. The summed E-state index contributed by atoms with van der Waals surface area (Å²) >= 11 is 0. The highest BCUT2D eigenvalue weighted by Gasteiger charge is 2.27. The van der Waals surface area contributed by atoms with Crippen LogP contribution in [0, 0.1) is 17.0 Å². The number of nitrogens with zero attached hydrogens (tertiary/aromatic N) is 3. The first-order valence-corrected chi connectivity index (χ1v) is 12.5. The quantitative estimate of drug-likeness (QED) is 0.249. The zero-order valence-electron chi connectivity index (χ0n) is 20.0. The lowest BCUT2D eigenvalue weighted by Gasteiger charge is -2.24. The molecule has 0 radical (unpaired) electrons. The molecule has 3 aromatic carbocycles. The fraction of sp³-hybridized carbons (Fsp3) is 0.200. The number of hydrogen-bond donors (Lipinski definition) is 1. The van der Waals surface area contributed by atoms with E-state index in [9.17, 15) is 23.3 Å². The lowest BCUT2D eigenvalue weighted by Crippen LogP contribution is -2.39. The largest absolute Gasteiger partial charge is 0.494 e. The average Bonchev–Trinajstić information content (AvgIpc) is 2.87. The number of nitro benzene ring substituents is 1. The summed E-state index contributed by atoms with van der Waals surface area (Å²) in [5, 5.41) is 14.8. The second kappa shape index (κ2) is 11.5. The van der Waals surface area contributed by atoms with Crippen LogP contribution in [0.5, 0.6) is 5.75 Å². The zero-order valence-corrected chi connectivity index (χ0v) is 20.9. The summed E-state index contributed by atoms with van der Waals surface area (Å²) in [6, 6.07) is 18.4. The molecule has 3 rings (SSSR count). The summed E-state index contributed by atoms with van der Waals surface area (Å²) in [5.41, 5.74) is 4.52. The monoisotopic (exact) mass is 510 g/mol. The molecule has 0 bridgehead atoms. The first-order chi connectivity index (χ1) is 17.1. The zero-order chi connectivity index (χ0) is 26.3. The molecule has 188 valence electrons. The Balaban J connectivity index is 1.83. The van der Waals surface area contributed by atoms with Crippen LogP contribution in [0.4, 0.5) is 11.4 Å². The van der Waals surface area contributed by atoms with Gasteiger partial charge in [0.05, 0.1) is 27.8 Å². The Labute approximate surface area is 209 Å². The highest BCUT2D eigenvalue weighted by atomic mass is 32.2. The lowest BCUT2D eigenvalue weighted by molar-refractivity contribution is -0.384. The fourth-order valence-electron chi connectivity index (χ4n) is 3.23. The Bertz CT molecular complexity index is 1350. The molecule has 0 aliphatic carbocycles. The SMILES string of the molecule is CCOc1ccc(S(=O)(=O)N(CC(=O)N/N=C(\C)c2ccc([N+](=O)[O-])cc2)c2ccc(C)cc2)cc1. The van der Waals surface area contributed by atoms with E-state index in [0.29, 0.717) is 29.3 Å².